The molecule has 0 amide bonds. The van der Waals surface area contributed by atoms with Crippen LogP contribution in [0.5, 0.6) is 0 Å². The topological polar surface area (TPSA) is 52.0 Å². The van der Waals surface area contributed by atoms with Gasteiger partial charge in [0, 0.05) is 5.56 Å². The Labute approximate surface area is 144 Å². The highest BCUT2D eigenvalue weighted by atomic mass is 32.2. The van der Waals surface area contributed by atoms with Gasteiger partial charge in [0.1, 0.15) is 6.20 Å². The van der Waals surface area contributed by atoms with Crippen molar-refractivity contribution in [2.75, 3.05) is 0 Å². The van der Waals surface area contributed by atoms with Crippen molar-refractivity contribution in [3.8, 4) is 0 Å². The van der Waals surface area contributed by atoms with E-state index in [0.717, 1.165) is 23.2 Å². The average molecular weight is 343 g/mol. The molecule has 2 aromatic rings. The molecule has 1 radical (unpaired) electrons. The second-order valence-electron chi connectivity index (χ2n) is 6.45. The van der Waals surface area contributed by atoms with Crippen LogP contribution in [0.2, 0.25) is 0 Å². The molecule has 1 aliphatic carbocycles. The van der Waals surface area contributed by atoms with Gasteiger partial charge in [0.15, 0.2) is 0 Å². The number of hydrogen-bond donors (Lipinski definition) is 0. The van der Waals surface area contributed by atoms with Crippen molar-refractivity contribution in [3.63, 3.8) is 0 Å². The van der Waals surface area contributed by atoms with Crippen LogP contribution >= 0.6 is 0 Å². The molecule has 1 atom stereocenters. The van der Waals surface area contributed by atoms with Crippen LogP contribution in [-0.4, -0.2) is 17.6 Å². The summed E-state index contributed by atoms with van der Waals surface area (Å²) in [7, 11) is -3.66. The number of hydrogen-bond acceptors (Lipinski definition) is 3. The first kappa shape index (κ1) is 17.0. The highest BCUT2D eigenvalue weighted by Gasteiger charge is 2.26. The largest absolute Gasteiger partial charge is 0.283 e. The zero-order valence-electron chi connectivity index (χ0n) is 14.2. The average Bonchev–Trinajstić information content (AvgIpc) is 2.99. The van der Waals surface area contributed by atoms with Gasteiger partial charge >= 0.3 is 0 Å². The minimum atomic E-state index is -3.66. The quantitative estimate of drug-likeness (QED) is 0.745. The lowest BCUT2D eigenvalue weighted by molar-refractivity contribution is 0.522. The summed E-state index contributed by atoms with van der Waals surface area (Å²) in [4.78, 5) is 0.268. The minimum absolute atomic E-state index is 0.268. The summed E-state index contributed by atoms with van der Waals surface area (Å²) >= 11 is 0. The maximum atomic E-state index is 12.9. The molecule has 1 aliphatic rings. The van der Waals surface area contributed by atoms with E-state index >= 15 is 0 Å². The zero-order chi connectivity index (χ0) is 17.2. The van der Waals surface area contributed by atoms with Gasteiger partial charge in [-0.15, -0.1) is 0 Å². The molecule has 1 aromatic carbocycles. The van der Waals surface area contributed by atoms with Gasteiger partial charge < -0.3 is 0 Å². The molecule has 0 saturated heterocycles. The van der Waals surface area contributed by atoms with Gasteiger partial charge in [0.05, 0.1) is 10.6 Å². The van der Waals surface area contributed by atoms with Crippen LogP contribution in [0.4, 0.5) is 0 Å². The Morgan fingerprint density at radius 2 is 2.00 bits per heavy atom. The molecule has 24 heavy (non-hydrogen) atoms. The van der Waals surface area contributed by atoms with Gasteiger partial charge in [-0.3, -0.25) is 0 Å². The fourth-order valence-corrected chi connectivity index (χ4v) is 4.35. The fraction of sp³-hybridized carbons (Fsp3) is 0.421. The number of aryl methyl sites for hydroxylation is 1. The predicted molar refractivity (Wildman–Crippen MR) is 95.2 cm³/mol. The van der Waals surface area contributed by atoms with Crippen molar-refractivity contribution in [1.29, 1.82) is 0 Å². The smallest absolute Gasteiger partial charge is 0.199 e. The molecule has 1 heterocycles. The van der Waals surface area contributed by atoms with Crippen LogP contribution in [0.3, 0.4) is 0 Å². The van der Waals surface area contributed by atoms with E-state index in [0.29, 0.717) is 12.3 Å². The van der Waals surface area contributed by atoms with Gasteiger partial charge in [-0.2, -0.15) is 17.6 Å². The van der Waals surface area contributed by atoms with E-state index in [1.54, 1.807) is 24.3 Å². The van der Waals surface area contributed by atoms with Gasteiger partial charge in [-0.25, -0.2) is 0 Å². The van der Waals surface area contributed by atoms with E-state index in [4.69, 9.17) is 0 Å². The van der Waals surface area contributed by atoms with Crippen molar-refractivity contribution in [2.45, 2.75) is 50.8 Å². The van der Waals surface area contributed by atoms with Crippen molar-refractivity contribution in [1.82, 2.24) is 9.19 Å². The Balaban J connectivity index is 1.88. The molecule has 1 unspecified atom stereocenters. The summed E-state index contributed by atoms with van der Waals surface area (Å²) in [5.74, 6) is 0.376. The number of aromatic nitrogens is 2. The molecular formula is C19H23N2O2S. The lowest BCUT2D eigenvalue weighted by Gasteiger charge is -2.18. The Kier molecular flexibility index (Phi) is 4.90. The highest BCUT2D eigenvalue weighted by Crippen LogP contribution is 2.28. The molecule has 0 spiro atoms. The normalized spacial score (nSPS) is 17.0. The van der Waals surface area contributed by atoms with Crippen molar-refractivity contribution >= 4 is 16.1 Å². The first-order valence-corrected chi connectivity index (χ1v) is 9.96. The number of benzene rings is 1. The molecule has 3 rings (SSSR count). The van der Waals surface area contributed by atoms with Crippen molar-refractivity contribution < 1.29 is 8.42 Å². The second-order valence-corrected chi connectivity index (χ2v) is 8.22. The first-order chi connectivity index (χ1) is 11.5. The Morgan fingerprint density at radius 3 is 2.71 bits per heavy atom. The standard InChI is InChI=1S/C19H23N2O2S/c1-3-4-5-6-16-9-10-17-14-20-21(19(17)13-16)24(22,23)18-11-7-15(2)8-12-18/h7-12,16H,3-6,13H2,1-2H3. The summed E-state index contributed by atoms with van der Waals surface area (Å²) in [5, 5.41) is 4.05. The van der Waals surface area contributed by atoms with Gasteiger partial charge in [0.2, 0.25) is 0 Å². The molecule has 0 N–H and O–H groups in total. The summed E-state index contributed by atoms with van der Waals surface area (Å²) in [5.41, 5.74) is 2.57. The van der Waals surface area contributed by atoms with Crippen LogP contribution in [0.25, 0.3) is 6.08 Å². The molecule has 0 fully saturated rings. The maximum absolute atomic E-state index is 12.9. The van der Waals surface area contributed by atoms with Crippen LogP contribution in [0, 0.1) is 19.0 Å². The Hall–Kier alpha value is -1.88. The zero-order valence-corrected chi connectivity index (χ0v) is 15.0. The Morgan fingerprint density at radius 1 is 1.25 bits per heavy atom. The van der Waals surface area contributed by atoms with E-state index in [9.17, 15) is 8.42 Å². The molecule has 127 valence electrons. The lowest BCUT2D eigenvalue weighted by Crippen LogP contribution is -2.20. The van der Waals surface area contributed by atoms with E-state index in [1.807, 2.05) is 13.0 Å². The number of unbranched alkanes of at least 4 members (excludes halogenated alkanes) is 2. The molecule has 4 nitrogen and oxygen atoms in total. The van der Waals surface area contributed by atoms with Crippen LogP contribution in [0.1, 0.15) is 49.4 Å². The van der Waals surface area contributed by atoms with Gasteiger partial charge in [-0.05, 0) is 37.8 Å². The third kappa shape index (κ3) is 3.31. The van der Waals surface area contributed by atoms with Gasteiger partial charge in [0.25, 0.3) is 10.0 Å². The molecule has 0 bridgehead atoms. The number of fused-ring (bicyclic) bond motifs is 1. The second kappa shape index (κ2) is 6.93. The van der Waals surface area contributed by atoms with E-state index in [1.165, 1.54) is 23.3 Å². The van der Waals surface area contributed by atoms with Crippen molar-refractivity contribution in [2.24, 2.45) is 5.92 Å². The maximum Gasteiger partial charge on any atom is 0.283 e. The summed E-state index contributed by atoms with van der Waals surface area (Å²) in [6.07, 6.45) is 12.3. The van der Waals surface area contributed by atoms with Gasteiger partial charge in [-0.1, -0.05) is 56.0 Å². The van der Waals surface area contributed by atoms with E-state index in [-0.39, 0.29) is 4.90 Å². The van der Waals surface area contributed by atoms with Crippen LogP contribution in [0.15, 0.2) is 35.2 Å². The van der Waals surface area contributed by atoms with E-state index in [2.05, 4.69) is 24.3 Å². The third-order valence-electron chi connectivity index (χ3n) is 4.52. The number of rotatable bonds is 6. The summed E-state index contributed by atoms with van der Waals surface area (Å²) in [6.45, 7) is 4.12. The van der Waals surface area contributed by atoms with E-state index < -0.39 is 10.0 Å². The Bertz CT molecular complexity index is 833. The lowest BCUT2D eigenvalue weighted by atomic mass is 9.90. The monoisotopic (exact) mass is 343 g/mol. The van der Waals surface area contributed by atoms with Crippen LogP contribution < -0.4 is 0 Å². The summed E-state index contributed by atoms with van der Waals surface area (Å²) < 4.78 is 27.0. The minimum Gasteiger partial charge on any atom is -0.199 e. The molecule has 0 aliphatic heterocycles. The molecule has 0 saturated carbocycles. The molecule has 1 aromatic heterocycles. The predicted octanol–water partition coefficient (Wildman–Crippen LogP) is 3.99. The third-order valence-corrected chi connectivity index (χ3v) is 6.14. The van der Waals surface area contributed by atoms with Crippen molar-refractivity contribution in [3.05, 3.63) is 53.4 Å². The highest BCUT2D eigenvalue weighted by molar-refractivity contribution is 7.89. The number of allylic oxidation sites excluding steroid dienone is 1. The first-order valence-electron chi connectivity index (χ1n) is 8.52. The summed E-state index contributed by atoms with van der Waals surface area (Å²) in [6, 6.07) is 6.88. The fourth-order valence-electron chi connectivity index (χ4n) is 3.06. The SMILES string of the molecule is CCCCCC1C=Cc2[c]nn(S(=O)(=O)c3ccc(C)cc3)c2C1. The molecule has 5 heteroatoms. The van der Waals surface area contributed by atoms with Crippen LogP contribution in [-0.2, 0) is 16.4 Å². The number of nitrogens with zero attached hydrogens (tertiary/aromatic N) is 2. The molecular weight excluding hydrogens is 320 g/mol.